The molecule has 0 bridgehead atoms. The van der Waals surface area contributed by atoms with Gasteiger partial charge in [-0.25, -0.2) is 0 Å². The van der Waals surface area contributed by atoms with Crippen molar-refractivity contribution >= 4 is 23.4 Å². The number of nitrogens with two attached hydrogens (primary N) is 1. The number of rotatable bonds is 9. The Labute approximate surface area is 207 Å². The first-order valence-corrected chi connectivity index (χ1v) is 11.7. The van der Waals surface area contributed by atoms with Crippen molar-refractivity contribution in [1.82, 2.24) is 10.2 Å². The van der Waals surface area contributed by atoms with Crippen LogP contribution in [-0.2, 0) is 27.0 Å². The molecule has 1 aliphatic heterocycles. The maximum absolute atomic E-state index is 13.1. The minimum atomic E-state index is -4.57. The van der Waals surface area contributed by atoms with Crippen LogP contribution in [0.3, 0.4) is 0 Å². The van der Waals surface area contributed by atoms with Gasteiger partial charge in [-0.2, -0.15) is 13.2 Å². The molecule has 3 unspecified atom stereocenters. The van der Waals surface area contributed by atoms with Crippen LogP contribution in [-0.4, -0.2) is 53.8 Å². The number of hydrogen-bond donors (Lipinski definition) is 4. The minimum Gasteiger partial charge on any atom is -0.354 e. The van der Waals surface area contributed by atoms with E-state index < -0.39 is 35.6 Å². The highest BCUT2D eigenvalue weighted by Gasteiger charge is 2.32. The molecular formula is C25H31F3N5O3+. The lowest BCUT2D eigenvalue weighted by Gasteiger charge is -2.22. The Bertz CT molecular complexity index is 1060. The van der Waals surface area contributed by atoms with Crippen molar-refractivity contribution in [1.29, 1.82) is 0 Å². The van der Waals surface area contributed by atoms with Crippen molar-refractivity contribution in [2.45, 2.75) is 50.0 Å². The lowest BCUT2D eigenvalue weighted by Crippen LogP contribution is -2.62. The summed E-state index contributed by atoms with van der Waals surface area (Å²) in [6, 6.07) is 11.4. The van der Waals surface area contributed by atoms with E-state index in [0.717, 1.165) is 24.1 Å². The molecule has 2 aromatic rings. The first-order chi connectivity index (χ1) is 17.0. The van der Waals surface area contributed by atoms with Gasteiger partial charge in [0.15, 0.2) is 0 Å². The Hall–Kier alpha value is -3.44. The van der Waals surface area contributed by atoms with Gasteiger partial charge >= 0.3 is 6.18 Å². The van der Waals surface area contributed by atoms with Gasteiger partial charge < -0.3 is 27.0 Å². The standard InChI is InChI=1S/C25H30F3N5O3/c26-25(27,28)17-7-4-8-19(13-17)31-24(36)21(10-9-16-5-2-1-3-6-16)32-23(35)20(30)14-22(34)33-12-11-18(29)15-33/h1-8,13,18,20-21H,9-12,14-15,29-30H2,(H,31,36)(H,32,35)/p+1. The number of nitrogens with zero attached hydrogens (tertiary/aromatic N) is 1. The predicted octanol–water partition coefficient (Wildman–Crippen LogP) is 1.32. The zero-order valence-corrected chi connectivity index (χ0v) is 19.8. The summed E-state index contributed by atoms with van der Waals surface area (Å²) in [5.41, 5.74) is 9.86. The molecule has 0 saturated carbocycles. The molecular weight excluding hydrogens is 475 g/mol. The summed E-state index contributed by atoms with van der Waals surface area (Å²) < 4.78 is 39.2. The van der Waals surface area contributed by atoms with E-state index in [1.165, 1.54) is 12.1 Å². The minimum absolute atomic E-state index is 0.0509. The molecule has 7 N–H and O–H groups in total. The SMILES string of the molecule is NC(CC(=O)N1CCC([NH3+])C1)C(=O)NC(CCc1ccccc1)C(=O)Nc1cccc(C(F)(F)F)c1. The quantitative estimate of drug-likeness (QED) is 0.408. The summed E-state index contributed by atoms with van der Waals surface area (Å²) in [6.45, 7) is 1.06. The van der Waals surface area contributed by atoms with Gasteiger partial charge in [-0.3, -0.25) is 14.4 Å². The van der Waals surface area contributed by atoms with Gasteiger partial charge in [-0.1, -0.05) is 36.4 Å². The number of carbonyl (C=O) groups is 3. The van der Waals surface area contributed by atoms with Crippen LogP contribution in [0.25, 0.3) is 0 Å². The molecule has 0 spiro atoms. The fourth-order valence-corrected chi connectivity index (χ4v) is 3.98. The Morgan fingerprint density at radius 1 is 1.08 bits per heavy atom. The van der Waals surface area contributed by atoms with Crippen LogP contribution >= 0.6 is 0 Å². The second-order valence-electron chi connectivity index (χ2n) is 8.96. The van der Waals surface area contributed by atoms with Crippen LogP contribution in [0.1, 0.15) is 30.4 Å². The molecule has 0 aliphatic carbocycles. The maximum atomic E-state index is 13.1. The van der Waals surface area contributed by atoms with Crippen molar-refractivity contribution in [2.24, 2.45) is 5.73 Å². The lowest BCUT2D eigenvalue weighted by atomic mass is 10.0. The van der Waals surface area contributed by atoms with E-state index in [1.807, 2.05) is 30.3 Å². The monoisotopic (exact) mass is 506 g/mol. The normalized spacial score (nSPS) is 17.4. The lowest BCUT2D eigenvalue weighted by molar-refractivity contribution is -0.413. The third-order valence-electron chi connectivity index (χ3n) is 6.02. The Morgan fingerprint density at radius 2 is 1.81 bits per heavy atom. The van der Waals surface area contributed by atoms with Gasteiger partial charge in [0.2, 0.25) is 17.7 Å². The van der Waals surface area contributed by atoms with Crippen molar-refractivity contribution in [3.63, 3.8) is 0 Å². The third-order valence-corrected chi connectivity index (χ3v) is 6.02. The van der Waals surface area contributed by atoms with Crippen molar-refractivity contribution in [2.75, 3.05) is 18.4 Å². The van der Waals surface area contributed by atoms with Gasteiger partial charge in [0, 0.05) is 18.7 Å². The van der Waals surface area contributed by atoms with Crippen molar-refractivity contribution in [3.8, 4) is 0 Å². The molecule has 1 aliphatic rings. The highest BCUT2D eigenvalue weighted by atomic mass is 19.4. The van der Waals surface area contributed by atoms with Crippen LogP contribution in [0.4, 0.5) is 18.9 Å². The number of halogens is 3. The van der Waals surface area contributed by atoms with Crippen LogP contribution < -0.4 is 22.1 Å². The summed E-state index contributed by atoms with van der Waals surface area (Å²) in [5, 5.41) is 5.02. The molecule has 1 fully saturated rings. The van der Waals surface area contributed by atoms with E-state index in [9.17, 15) is 27.6 Å². The third kappa shape index (κ3) is 7.79. The number of hydrogen-bond acceptors (Lipinski definition) is 4. The predicted molar refractivity (Wildman–Crippen MR) is 127 cm³/mol. The Balaban J connectivity index is 1.67. The van der Waals surface area contributed by atoms with Crippen LogP contribution in [0.2, 0.25) is 0 Å². The molecule has 36 heavy (non-hydrogen) atoms. The summed E-state index contributed by atoms with van der Waals surface area (Å²) >= 11 is 0. The summed E-state index contributed by atoms with van der Waals surface area (Å²) in [6.07, 6.45) is -3.40. The fourth-order valence-electron chi connectivity index (χ4n) is 3.98. The van der Waals surface area contributed by atoms with Gasteiger partial charge in [0.05, 0.1) is 24.6 Å². The van der Waals surface area contributed by atoms with Gasteiger partial charge in [0.1, 0.15) is 12.1 Å². The average Bonchev–Trinajstić information content (AvgIpc) is 3.28. The molecule has 3 rings (SSSR count). The summed E-state index contributed by atoms with van der Waals surface area (Å²) in [4.78, 5) is 39.8. The summed E-state index contributed by atoms with van der Waals surface area (Å²) in [5.74, 6) is -1.64. The first-order valence-electron chi connectivity index (χ1n) is 11.7. The second-order valence-corrected chi connectivity index (χ2v) is 8.96. The number of amides is 3. The van der Waals surface area contributed by atoms with Crippen molar-refractivity contribution in [3.05, 3.63) is 65.7 Å². The second kappa shape index (κ2) is 12.0. The number of anilines is 1. The largest absolute Gasteiger partial charge is 0.416 e. The molecule has 194 valence electrons. The zero-order valence-electron chi connectivity index (χ0n) is 19.8. The number of likely N-dealkylation sites (tertiary alicyclic amines) is 1. The van der Waals surface area contributed by atoms with E-state index >= 15 is 0 Å². The number of aryl methyl sites for hydroxylation is 1. The average molecular weight is 507 g/mol. The molecule has 8 nitrogen and oxygen atoms in total. The number of nitrogens with one attached hydrogen (secondary N) is 2. The molecule has 2 aromatic carbocycles. The highest BCUT2D eigenvalue weighted by Crippen LogP contribution is 2.30. The van der Waals surface area contributed by atoms with E-state index in [4.69, 9.17) is 5.73 Å². The molecule has 11 heteroatoms. The zero-order chi connectivity index (χ0) is 26.3. The van der Waals surface area contributed by atoms with E-state index in [-0.39, 0.29) is 30.5 Å². The van der Waals surface area contributed by atoms with Crippen LogP contribution in [0, 0.1) is 0 Å². The fraction of sp³-hybridized carbons (Fsp3) is 0.400. The van der Waals surface area contributed by atoms with Crippen molar-refractivity contribution < 1.29 is 33.3 Å². The van der Waals surface area contributed by atoms with Crippen LogP contribution in [0.5, 0.6) is 0 Å². The molecule has 0 radical (unpaired) electrons. The number of quaternary nitrogens is 1. The smallest absolute Gasteiger partial charge is 0.354 e. The topological polar surface area (TPSA) is 132 Å². The number of benzene rings is 2. The van der Waals surface area contributed by atoms with Gasteiger partial charge in [-0.15, -0.1) is 0 Å². The summed E-state index contributed by atoms with van der Waals surface area (Å²) in [7, 11) is 0. The van der Waals surface area contributed by atoms with Gasteiger partial charge in [-0.05, 0) is 36.6 Å². The molecule has 1 saturated heterocycles. The Morgan fingerprint density at radius 3 is 2.44 bits per heavy atom. The molecule has 0 aromatic heterocycles. The highest BCUT2D eigenvalue weighted by molar-refractivity contribution is 5.98. The maximum Gasteiger partial charge on any atom is 0.416 e. The number of alkyl halides is 3. The molecule has 1 heterocycles. The van der Waals surface area contributed by atoms with Gasteiger partial charge in [0.25, 0.3) is 0 Å². The van der Waals surface area contributed by atoms with Crippen LogP contribution in [0.15, 0.2) is 54.6 Å². The molecule has 3 amide bonds. The Kier molecular flexibility index (Phi) is 9.05. The van der Waals surface area contributed by atoms with E-state index in [1.54, 1.807) is 4.90 Å². The number of carbonyl (C=O) groups excluding carboxylic acids is 3. The van der Waals surface area contributed by atoms with E-state index in [0.29, 0.717) is 19.5 Å². The first kappa shape index (κ1) is 27.2. The van der Waals surface area contributed by atoms with E-state index in [2.05, 4.69) is 16.4 Å². The molecule has 3 atom stereocenters.